The molecule has 0 radical (unpaired) electrons. The second kappa shape index (κ2) is 6.08. The lowest BCUT2D eigenvalue weighted by Gasteiger charge is -2.10. The van der Waals surface area contributed by atoms with Gasteiger partial charge in [-0.15, -0.1) is 0 Å². The largest absolute Gasteiger partial charge is 0.383 e. The highest BCUT2D eigenvalue weighted by Gasteiger charge is 2.13. The van der Waals surface area contributed by atoms with Gasteiger partial charge in [0.05, 0.1) is 16.8 Å². The van der Waals surface area contributed by atoms with Crippen molar-refractivity contribution in [1.82, 2.24) is 15.0 Å². The van der Waals surface area contributed by atoms with E-state index >= 15 is 0 Å². The van der Waals surface area contributed by atoms with E-state index in [-0.39, 0.29) is 0 Å². The summed E-state index contributed by atoms with van der Waals surface area (Å²) in [5, 5.41) is 0. The monoisotopic (exact) mass is 322 g/mol. The van der Waals surface area contributed by atoms with Crippen molar-refractivity contribution in [1.29, 1.82) is 0 Å². The Hall–Kier alpha value is -1.53. The van der Waals surface area contributed by atoms with Gasteiger partial charge in [-0.1, -0.05) is 6.92 Å². The van der Waals surface area contributed by atoms with E-state index in [4.69, 9.17) is 10.5 Å². The Labute approximate surface area is 120 Å². The van der Waals surface area contributed by atoms with Crippen LogP contribution < -0.4 is 5.73 Å². The molecule has 0 aliphatic rings. The summed E-state index contributed by atoms with van der Waals surface area (Å²) in [5.74, 6) is 1.02. The number of nitrogen functional groups attached to an aromatic ring is 1. The SMILES string of the molecule is CCc1cnccc1-c1nc(N)c(Br)c(COC)n1. The van der Waals surface area contributed by atoms with Gasteiger partial charge in [0, 0.05) is 25.1 Å². The van der Waals surface area contributed by atoms with Crippen LogP contribution in [0.4, 0.5) is 5.82 Å². The summed E-state index contributed by atoms with van der Waals surface area (Å²) in [7, 11) is 1.62. The number of halogens is 1. The van der Waals surface area contributed by atoms with Gasteiger partial charge in [-0.3, -0.25) is 4.98 Å². The molecule has 0 amide bonds. The number of pyridine rings is 1. The first-order valence-electron chi connectivity index (χ1n) is 5.91. The number of aryl methyl sites for hydroxylation is 1. The average Bonchev–Trinajstić information content (AvgIpc) is 2.43. The van der Waals surface area contributed by atoms with E-state index in [2.05, 4.69) is 37.8 Å². The molecule has 19 heavy (non-hydrogen) atoms. The van der Waals surface area contributed by atoms with Crippen LogP contribution in [0.1, 0.15) is 18.2 Å². The summed E-state index contributed by atoms with van der Waals surface area (Å²) in [6.45, 7) is 2.45. The molecule has 6 heteroatoms. The summed E-state index contributed by atoms with van der Waals surface area (Å²) in [6, 6.07) is 1.90. The first-order chi connectivity index (χ1) is 9.17. The maximum absolute atomic E-state index is 5.91. The molecule has 0 aliphatic carbocycles. The number of methoxy groups -OCH3 is 1. The molecule has 0 unspecified atom stereocenters. The first-order valence-corrected chi connectivity index (χ1v) is 6.70. The lowest BCUT2D eigenvalue weighted by Crippen LogP contribution is -2.05. The molecule has 0 aromatic carbocycles. The predicted molar refractivity (Wildman–Crippen MR) is 77.5 cm³/mol. The van der Waals surface area contributed by atoms with Crippen molar-refractivity contribution < 1.29 is 4.74 Å². The van der Waals surface area contributed by atoms with Crippen molar-refractivity contribution in [3.8, 4) is 11.4 Å². The van der Waals surface area contributed by atoms with Gasteiger partial charge < -0.3 is 10.5 Å². The first kappa shape index (κ1) is 13.9. The van der Waals surface area contributed by atoms with Crippen molar-refractivity contribution >= 4 is 21.7 Å². The van der Waals surface area contributed by atoms with Crippen LogP contribution in [-0.4, -0.2) is 22.1 Å². The van der Waals surface area contributed by atoms with Crippen LogP contribution in [0.15, 0.2) is 22.9 Å². The third-order valence-electron chi connectivity index (χ3n) is 2.75. The van der Waals surface area contributed by atoms with Crippen molar-refractivity contribution in [3.63, 3.8) is 0 Å². The number of anilines is 1. The molecule has 0 atom stereocenters. The Balaban J connectivity index is 2.56. The van der Waals surface area contributed by atoms with E-state index in [0.717, 1.165) is 23.2 Å². The Morgan fingerprint density at radius 3 is 2.84 bits per heavy atom. The topological polar surface area (TPSA) is 73.9 Å². The second-order valence-corrected chi connectivity index (χ2v) is 4.81. The van der Waals surface area contributed by atoms with Gasteiger partial charge in [0.25, 0.3) is 0 Å². The Bertz CT molecular complexity index is 589. The van der Waals surface area contributed by atoms with Gasteiger partial charge in [-0.2, -0.15) is 0 Å². The van der Waals surface area contributed by atoms with Crippen LogP contribution >= 0.6 is 15.9 Å². The summed E-state index contributed by atoms with van der Waals surface area (Å²) in [6.07, 6.45) is 4.42. The molecular weight excluding hydrogens is 308 g/mol. The lowest BCUT2D eigenvalue weighted by atomic mass is 10.1. The Kier molecular flexibility index (Phi) is 4.44. The van der Waals surface area contributed by atoms with Gasteiger partial charge in [0.1, 0.15) is 5.82 Å². The van der Waals surface area contributed by atoms with Crippen molar-refractivity contribution in [3.05, 3.63) is 34.2 Å². The van der Waals surface area contributed by atoms with E-state index in [1.54, 1.807) is 13.3 Å². The third kappa shape index (κ3) is 2.90. The van der Waals surface area contributed by atoms with Crippen molar-refractivity contribution in [2.24, 2.45) is 0 Å². The molecule has 2 aromatic rings. The molecule has 0 saturated carbocycles. The Morgan fingerprint density at radius 1 is 1.37 bits per heavy atom. The molecule has 5 nitrogen and oxygen atoms in total. The molecule has 0 aliphatic heterocycles. The van der Waals surface area contributed by atoms with Crippen LogP contribution in [0, 0.1) is 0 Å². The number of ether oxygens (including phenoxy) is 1. The van der Waals surface area contributed by atoms with E-state index in [1.165, 1.54) is 0 Å². The number of nitrogens with zero attached hydrogens (tertiary/aromatic N) is 3. The van der Waals surface area contributed by atoms with E-state index < -0.39 is 0 Å². The van der Waals surface area contributed by atoms with Crippen LogP contribution in [-0.2, 0) is 17.8 Å². The third-order valence-corrected chi connectivity index (χ3v) is 3.62. The zero-order valence-electron chi connectivity index (χ0n) is 10.9. The fourth-order valence-corrected chi connectivity index (χ4v) is 2.08. The maximum atomic E-state index is 5.91. The van der Waals surface area contributed by atoms with Gasteiger partial charge in [0.2, 0.25) is 0 Å². The molecule has 0 saturated heterocycles. The smallest absolute Gasteiger partial charge is 0.162 e. The minimum atomic E-state index is 0.382. The quantitative estimate of drug-likeness (QED) is 0.936. The fourth-order valence-electron chi connectivity index (χ4n) is 1.79. The number of hydrogen-bond donors (Lipinski definition) is 1. The Morgan fingerprint density at radius 2 is 2.16 bits per heavy atom. The molecule has 2 N–H and O–H groups in total. The normalized spacial score (nSPS) is 10.7. The molecule has 0 spiro atoms. The number of hydrogen-bond acceptors (Lipinski definition) is 5. The van der Waals surface area contributed by atoms with Crippen molar-refractivity contribution in [2.75, 3.05) is 12.8 Å². The van der Waals surface area contributed by atoms with Gasteiger partial charge >= 0.3 is 0 Å². The molecular formula is C13H15BrN4O. The summed E-state index contributed by atoms with van der Waals surface area (Å²) in [5.41, 5.74) is 8.69. The summed E-state index contributed by atoms with van der Waals surface area (Å²) < 4.78 is 5.81. The number of aromatic nitrogens is 3. The van der Waals surface area contributed by atoms with E-state index in [1.807, 2.05) is 12.3 Å². The molecule has 0 bridgehead atoms. The van der Waals surface area contributed by atoms with Crippen LogP contribution in [0.2, 0.25) is 0 Å². The van der Waals surface area contributed by atoms with E-state index in [9.17, 15) is 0 Å². The highest BCUT2D eigenvalue weighted by atomic mass is 79.9. The molecule has 2 aromatic heterocycles. The van der Waals surface area contributed by atoms with Crippen LogP contribution in [0.25, 0.3) is 11.4 Å². The predicted octanol–water partition coefficient (Wildman–Crippen LogP) is 2.59. The second-order valence-electron chi connectivity index (χ2n) is 4.01. The van der Waals surface area contributed by atoms with Gasteiger partial charge in [-0.05, 0) is 34.0 Å². The van der Waals surface area contributed by atoms with Crippen molar-refractivity contribution in [2.45, 2.75) is 20.0 Å². The van der Waals surface area contributed by atoms with Gasteiger partial charge in [0.15, 0.2) is 5.82 Å². The van der Waals surface area contributed by atoms with Crippen LogP contribution in [0.3, 0.4) is 0 Å². The number of rotatable bonds is 4. The standard InChI is InChI=1S/C13H15BrN4O/c1-3-8-6-16-5-4-9(8)13-17-10(7-19-2)11(14)12(15)18-13/h4-6H,3,7H2,1-2H3,(H2,15,17,18). The lowest BCUT2D eigenvalue weighted by molar-refractivity contribution is 0.181. The average molecular weight is 323 g/mol. The zero-order valence-corrected chi connectivity index (χ0v) is 12.4. The number of nitrogens with two attached hydrogens (primary N) is 1. The molecule has 0 fully saturated rings. The minimum Gasteiger partial charge on any atom is -0.383 e. The fraction of sp³-hybridized carbons (Fsp3) is 0.308. The highest BCUT2D eigenvalue weighted by Crippen LogP contribution is 2.27. The molecule has 100 valence electrons. The van der Waals surface area contributed by atoms with Gasteiger partial charge in [-0.25, -0.2) is 9.97 Å². The minimum absolute atomic E-state index is 0.382. The van der Waals surface area contributed by atoms with E-state index in [0.29, 0.717) is 22.7 Å². The molecule has 2 heterocycles. The molecule has 2 rings (SSSR count). The summed E-state index contributed by atoms with van der Waals surface area (Å²) >= 11 is 3.38. The maximum Gasteiger partial charge on any atom is 0.162 e. The summed E-state index contributed by atoms with van der Waals surface area (Å²) in [4.78, 5) is 13.0. The highest BCUT2D eigenvalue weighted by molar-refractivity contribution is 9.10. The van der Waals surface area contributed by atoms with Crippen LogP contribution in [0.5, 0.6) is 0 Å². The zero-order chi connectivity index (χ0) is 13.8.